The van der Waals surface area contributed by atoms with Gasteiger partial charge in [-0.05, 0) is 35.9 Å². The van der Waals surface area contributed by atoms with Crippen LogP contribution in [0.1, 0.15) is 5.76 Å². The van der Waals surface area contributed by atoms with Gasteiger partial charge in [0.05, 0.1) is 19.1 Å². The third kappa shape index (κ3) is 3.58. The SMILES string of the molecule is COc1cc(O[C@H]2O[C@H](CO)[C@@H](O)[C@H](O)[C@H]2O)c2c(O)c3c(=O)oc(C)cc3cc2c1. The second-order valence-corrected chi connectivity index (χ2v) is 7.37. The Bertz CT molecular complexity index is 1180. The minimum absolute atomic E-state index is 0.0157. The molecule has 2 heterocycles. The number of hydrogen-bond acceptors (Lipinski definition) is 10. The zero-order chi connectivity index (χ0) is 22.4. The summed E-state index contributed by atoms with van der Waals surface area (Å²) in [5.41, 5.74) is -0.732. The number of rotatable bonds is 4. The van der Waals surface area contributed by atoms with Gasteiger partial charge in [0.1, 0.15) is 52.8 Å². The molecule has 31 heavy (non-hydrogen) atoms. The van der Waals surface area contributed by atoms with Gasteiger partial charge in [-0.15, -0.1) is 0 Å². The summed E-state index contributed by atoms with van der Waals surface area (Å²) in [5.74, 6) is 0.309. The van der Waals surface area contributed by atoms with Crippen molar-refractivity contribution in [2.45, 2.75) is 37.6 Å². The third-order valence-corrected chi connectivity index (χ3v) is 5.32. The first-order valence-electron chi connectivity index (χ1n) is 9.50. The molecule has 10 heteroatoms. The van der Waals surface area contributed by atoms with E-state index in [2.05, 4.69) is 0 Å². The summed E-state index contributed by atoms with van der Waals surface area (Å²) in [6.45, 7) is 0.987. The van der Waals surface area contributed by atoms with Crippen molar-refractivity contribution in [1.29, 1.82) is 0 Å². The van der Waals surface area contributed by atoms with Crippen molar-refractivity contribution in [2.24, 2.45) is 0 Å². The van der Waals surface area contributed by atoms with Crippen LogP contribution in [-0.4, -0.2) is 70.0 Å². The largest absolute Gasteiger partial charge is 0.506 e. The molecule has 0 aliphatic carbocycles. The maximum Gasteiger partial charge on any atom is 0.347 e. The van der Waals surface area contributed by atoms with Crippen LogP contribution in [0.15, 0.2) is 33.5 Å². The summed E-state index contributed by atoms with van der Waals surface area (Å²) in [7, 11) is 1.43. The van der Waals surface area contributed by atoms with Crippen LogP contribution < -0.4 is 15.1 Å². The van der Waals surface area contributed by atoms with Gasteiger partial charge in [-0.25, -0.2) is 4.79 Å². The minimum Gasteiger partial charge on any atom is -0.506 e. The van der Waals surface area contributed by atoms with Crippen molar-refractivity contribution in [3.05, 3.63) is 40.4 Å². The highest BCUT2D eigenvalue weighted by molar-refractivity contribution is 6.07. The molecular formula is C21H22O10. The fraction of sp³-hybridized carbons (Fsp3) is 0.381. The first-order valence-corrected chi connectivity index (χ1v) is 9.50. The Hall–Kier alpha value is -2.89. The van der Waals surface area contributed by atoms with Gasteiger partial charge in [-0.3, -0.25) is 0 Å². The van der Waals surface area contributed by atoms with Crippen molar-refractivity contribution >= 4 is 21.5 Å². The van der Waals surface area contributed by atoms with Gasteiger partial charge in [-0.2, -0.15) is 0 Å². The standard InChI is InChI=1S/C21H22O10/c1-8-3-9-4-10-5-11(28-2)6-12(14(10)17(24)15(9)20(27)29-8)30-21-19(26)18(25)16(23)13(7-22)31-21/h3-6,13,16,18-19,21-26H,7H2,1-2H3/t13-,16-,18+,19-,21+/m1/s1. The average Bonchev–Trinajstić information content (AvgIpc) is 2.73. The Balaban J connectivity index is 1.89. The first kappa shape index (κ1) is 21.3. The zero-order valence-electron chi connectivity index (χ0n) is 16.7. The van der Waals surface area contributed by atoms with E-state index in [1.165, 1.54) is 13.2 Å². The molecule has 1 aliphatic rings. The molecule has 1 aliphatic heterocycles. The van der Waals surface area contributed by atoms with Crippen LogP contribution >= 0.6 is 0 Å². The molecule has 0 saturated carbocycles. The maximum atomic E-state index is 12.4. The van der Waals surface area contributed by atoms with Crippen molar-refractivity contribution in [2.75, 3.05) is 13.7 Å². The van der Waals surface area contributed by atoms with Crippen molar-refractivity contribution in [1.82, 2.24) is 0 Å². The van der Waals surface area contributed by atoms with E-state index in [4.69, 9.17) is 18.6 Å². The van der Waals surface area contributed by atoms with Gasteiger partial charge in [0.25, 0.3) is 0 Å². The zero-order valence-corrected chi connectivity index (χ0v) is 16.7. The number of aliphatic hydroxyl groups is 4. The van der Waals surface area contributed by atoms with Gasteiger partial charge in [0.2, 0.25) is 6.29 Å². The number of methoxy groups -OCH3 is 1. The van der Waals surface area contributed by atoms with Crippen molar-refractivity contribution in [3.8, 4) is 17.2 Å². The summed E-state index contributed by atoms with van der Waals surface area (Å²) in [6, 6.07) is 6.29. The summed E-state index contributed by atoms with van der Waals surface area (Å²) < 4.78 is 21.5. The van der Waals surface area contributed by atoms with Crippen LogP contribution in [0.5, 0.6) is 17.2 Å². The smallest absolute Gasteiger partial charge is 0.347 e. The Morgan fingerprint density at radius 1 is 1.00 bits per heavy atom. The van der Waals surface area contributed by atoms with E-state index in [1.54, 1.807) is 25.1 Å². The summed E-state index contributed by atoms with van der Waals surface area (Å²) in [4.78, 5) is 12.4. The van der Waals surface area contributed by atoms with E-state index in [9.17, 15) is 30.3 Å². The van der Waals surface area contributed by atoms with E-state index < -0.39 is 48.7 Å². The molecule has 3 aromatic rings. The maximum absolute atomic E-state index is 12.4. The molecular weight excluding hydrogens is 412 g/mol. The molecule has 0 radical (unpaired) electrons. The summed E-state index contributed by atoms with van der Waals surface area (Å²) in [5, 5.41) is 51.5. The predicted molar refractivity (Wildman–Crippen MR) is 107 cm³/mol. The number of aryl methyl sites for hydroxylation is 1. The number of benzene rings is 2. The monoisotopic (exact) mass is 434 g/mol. The van der Waals surface area contributed by atoms with Gasteiger partial charge >= 0.3 is 5.63 Å². The van der Waals surface area contributed by atoms with Crippen LogP contribution in [0, 0.1) is 6.92 Å². The van der Waals surface area contributed by atoms with E-state index in [0.717, 1.165) is 0 Å². The van der Waals surface area contributed by atoms with Gasteiger partial charge in [0.15, 0.2) is 0 Å². The Labute approximate surface area is 175 Å². The average molecular weight is 434 g/mol. The second kappa shape index (κ2) is 7.98. The Kier molecular flexibility index (Phi) is 5.50. The number of phenols is 1. The lowest BCUT2D eigenvalue weighted by atomic mass is 9.99. The number of hydrogen-bond donors (Lipinski definition) is 5. The molecule has 5 atom stereocenters. The molecule has 10 nitrogen and oxygen atoms in total. The molecule has 1 aromatic heterocycles. The van der Waals surface area contributed by atoms with Gasteiger partial charge < -0.3 is 44.2 Å². The van der Waals surface area contributed by atoms with E-state index in [1.807, 2.05) is 0 Å². The number of aliphatic hydroxyl groups excluding tert-OH is 4. The van der Waals surface area contributed by atoms with Crippen LogP contribution in [0.3, 0.4) is 0 Å². The third-order valence-electron chi connectivity index (χ3n) is 5.32. The molecule has 0 amide bonds. The lowest BCUT2D eigenvalue weighted by Gasteiger charge is -2.39. The molecule has 1 fully saturated rings. The molecule has 1 saturated heterocycles. The molecule has 166 valence electrons. The van der Waals surface area contributed by atoms with E-state index >= 15 is 0 Å². The summed E-state index contributed by atoms with van der Waals surface area (Å²) in [6.07, 6.45) is -7.51. The van der Waals surface area contributed by atoms with E-state index in [-0.39, 0.29) is 16.5 Å². The predicted octanol–water partition coefficient (Wildman–Crippen LogP) is 0.148. The normalized spacial score (nSPS) is 26.3. The highest BCUT2D eigenvalue weighted by Gasteiger charge is 2.45. The van der Waals surface area contributed by atoms with Gasteiger partial charge in [-0.1, -0.05) is 0 Å². The Morgan fingerprint density at radius 3 is 2.39 bits per heavy atom. The Morgan fingerprint density at radius 2 is 1.71 bits per heavy atom. The lowest BCUT2D eigenvalue weighted by molar-refractivity contribution is -0.277. The molecule has 5 N–H and O–H groups in total. The van der Waals surface area contributed by atoms with Crippen LogP contribution in [0.4, 0.5) is 0 Å². The van der Waals surface area contributed by atoms with Crippen molar-refractivity contribution in [3.63, 3.8) is 0 Å². The second-order valence-electron chi connectivity index (χ2n) is 7.37. The number of aromatic hydroxyl groups is 1. The molecule has 2 aromatic carbocycles. The topological polar surface area (TPSA) is 159 Å². The van der Waals surface area contributed by atoms with E-state index in [0.29, 0.717) is 22.3 Å². The number of ether oxygens (including phenoxy) is 3. The molecule has 4 rings (SSSR count). The van der Waals surface area contributed by atoms with Crippen LogP contribution in [-0.2, 0) is 4.74 Å². The van der Waals surface area contributed by atoms with Crippen LogP contribution in [0.25, 0.3) is 21.5 Å². The minimum atomic E-state index is -1.66. The molecule has 0 unspecified atom stereocenters. The molecule has 0 spiro atoms. The fourth-order valence-corrected chi connectivity index (χ4v) is 3.75. The van der Waals surface area contributed by atoms with Crippen LogP contribution in [0.2, 0.25) is 0 Å². The fourth-order valence-electron chi connectivity index (χ4n) is 3.75. The summed E-state index contributed by atoms with van der Waals surface area (Å²) >= 11 is 0. The number of phenolic OH excluding ortho intramolecular Hbond substituents is 1. The van der Waals surface area contributed by atoms with Crippen molar-refractivity contribution < 1.29 is 44.2 Å². The van der Waals surface area contributed by atoms with Gasteiger partial charge in [0, 0.05) is 6.07 Å². The lowest BCUT2D eigenvalue weighted by Crippen LogP contribution is -2.60. The quantitative estimate of drug-likeness (QED) is 0.358. The molecule has 0 bridgehead atoms. The highest BCUT2D eigenvalue weighted by atomic mass is 16.7. The first-order chi connectivity index (χ1) is 14.7. The highest BCUT2D eigenvalue weighted by Crippen LogP contribution is 2.42. The number of fused-ring (bicyclic) bond motifs is 2.